The predicted molar refractivity (Wildman–Crippen MR) is 106 cm³/mol. The number of aryl methyl sites for hydroxylation is 2. The van der Waals surface area contributed by atoms with Crippen LogP contribution in [0.4, 0.5) is 0 Å². The van der Waals surface area contributed by atoms with Crippen molar-refractivity contribution in [3.8, 4) is 5.75 Å². The fraction of sp³-hybridized carbons (Fsp3) is 0.381. The minimum atomic E-state index is -0.685. The molecule has 1 saturated heterocycles. The van der Waals surface area contributed by atoms with Gasteiger partial charge in [-0.1, -0.05) is 12.1 Å². The first-order valence-electron chi connectivity index (χ1n) is 9.37. The molecule has 3 aromatic rings. The Hall–Kier alpha value is -1.98. The third-order valence-electron chi connectivity index (χ3n) is 6.05. The van der Waals surface area contributed by atoms with E-state index in [0.717, 1.165) is 57.5 Å². The van der Waals surface area contributed by atoms with Gasteiger partial charge < -0.3 is 28.3 Å². The summed E-state index contributed by atoms with van der Waals surface area (Å²) in [6.45, 7) is 3.16. The van der Waals surface area contributed by atoms with Gasteiger partial charge in [-0.05, 0) is 29.9 Å². The molecule has 0 radical (unpaired) electrons. The largest absolute Gasteiger partial charge is 0.504 e. The van der Waals surface area contributed by atoms with Crippen LogP contribution in [0, 0.1) is 6.92 Å². The molecule has 0 saturated carbocycles. The van der Waals surface area contributed by atoms with Gasteiger partial charge in [-0.2, -0.15) is 0 Å². The summed E-state index contributed by atoms with van der Waals surface area (Å²) >= 11 is 0. The number of aromatic hydroxyl groups is 1. The zero-order valence-corrected chi connectivity index (χ0v) is 16.6. The molecule has 0 amide bonds. The van der Waals surface area contributed by atoms with Gasteiger partial charge in [-0.15, -0.1) is 0 Å². The number of furan rings is 1. The minimum Gasteiger partial charge on any atom is -0.504 e. The fourth-order valence-corrected chi connectivity index (χ4v) is 5.04. The molecule has 1 fully saturated rings. The molecular weight excluding hydrogens is 379 g/mol. The van der Waals surface area contributed by atoms with E-state index < -0.39 is 11.9 Å². The number of benzene rings is 2. The molecule has 5 rings (SSSR count). The highest BCUT2D eigenvalue weighted by atomic mass is 31.0. The van der Waals surface area contributed by atoms with E-state index in [9.17, 15) is 9.90 Å². The number of ether oxygens (including phenoxy) is 2. The summed E-state index contributed by atoms with van der Waals surface area (Å²) in [5.41, 5.74) is 4.20. The van der Waals surface area contributed by atoms with Crippen molar-refractivity contribution in [3.05, 3.63) is 40.6 Å². The highest BCUT2D eigenvalue weighted by Gasteiger charge is 2.45. The number of carbonyl (C=O) groups excluding carboxylic acids is 1. The molecule has 0 bridgehead atoms. The maximum absolute atomic E-state index is 11.1. The molecule has 1 aliphatic carbocycles. The Morgan fingerprint density at radius 2 is 2.11 bits per heavy atom. The first kappa shape index (κ1) is 18.1. The topological polar surface area (TPSA) is 78.1 Å². The van der Waals surface area contributed by atoms with Crippen molar-refractivity contribution in [1.29, 1.82) is 0 Å². The number of hydrogen-bond donors (Lipinski definition) is 1. The van der Waals surface area contributed by atoms with Crippen molar-refractivity contribution in [2.24, 2.45) is 0 Å². The van der Waals surface area contributed by atoms with Gasteiger partial charge in [0.25, 0.3) is 0 Å². The zero-order chi connectivity index (χ0) is 19.5. The van der Waals surface area contributed by atoms with Crippen LogP contribution in [0.25, 0.3) is 21.7 Å². The maximum Gasteiger partial charge on any atom is 0.195 e. The molecule has 7 heteroatoms. The number of phenols is 1. The van der Waals surface area contributed by atoms with Crippen LogP contribution in [-0.4, -0.2) is 24.6 Å². The molecule has 2 aliphatic rings. The van der Waals surface area contributed by atoms with E-state index in [1.165, 1.54) is 0 Å². The molecule has 2 aromatic carbocycles. The van der Waals surface area contributed by atoms with Crippen molar-refractivity contribution in [3.63, 3.8) is 0 Å². The lowest BCUT2D eigenvalue weighted by Gasteiger charge is -2.23. The Labute approximate surface area is 164 Å². The van der Waals surface area contributed by atoms with Crippen LogP contribution in [0.15, 0.2) is 22.8 Å². The van der Waals surface area contributed by atoms with E-state index in [1.807, 2.05) is 19.1 Å². The van der Waals surface area contributed by atoms with Crippen LogP contribution in [0.2, 0.25) is 0 Å². The van der Waals surface area contributed by atoms with Crippen molar-refractivity contribution >= 4 is 37.5 Å². The Morgan fingerprint density at radius 1 is 1.32 bits per heavy atom. The normalized spacial score (nSPS) is 18.9. The highest BCUT2D eigenvalue weighted by Crippen LogP contribution is 2.50. The van der Waals surface area contributed by atoms with E-state index in [2.05, 4.69) is 9.47 Å². The van der Waals surface area contributed by atoms with Crippen molar-refractivity contribution in [1.82, 2.24) is 0 Å². The van der Waals surface area contributed by atoms with Crippen LogP contribution in [-0.2, 0) is 31.0 Å². The van der Waals surface area contributed by atoms with Gasteiger partial charge in [0, 0.05) is 44.2 Å². The third-order valence-corrected chi connectivity index (χ3v) is 6.38. The summed E-state index contributed by atoms with van der Waals surface area (Å²) in [7, 11) is 2.20. The molecule has 2 unspecified atom stereocenters. The molecule has 146 valence electrons. The van der Waals surface area contributed by atoms with Gasteiger partial charge in [0.05, 0.1) is 25.6 Å². The van der Waals surface area contributed by atoms with E-state index in [4.69, 9.17) is 18.4 Å². The van der Waals surface area contributed by atoms with Crippen LogP contribution >= 0.6 is 9.47 Å². The number of fused-ring (bicyclic) bond motifs is 5. The van der Waals surface area contributed by atoms with E-state index in [1.54, 1.807) is 6.26 Å². The van der Waals surface area contributed by atoms with Gasteiger partial charge in [-0.3, -0.25) is 0 Å². The van der Waals surface area contributed by atoms with Crippen LogP contribution in [0.3, 0.4) is 0 Å². The van der Waals surface area contributed by atoms with Gasteiger partial charge >= 0.3 is 0 Å². The average Bonchev–Trinajstić information content (AvgIpc) is 3.44. The lowest BCUT2D eigenvalue weighted by Crippen LogP contribution is -2.23. The molecule has 1 aliphatic heterocycles. The third kappa shape index (κ3) is 2.32. The van der Waals surface area contributed by atoms with Gasteiger partial charge in [-0.25, -0.2) is 0 Å². The number of hydrogen-bond acceptors (Lipinski definition) is 6. The van der Waals surface area contributed by atoms with Gasteiger partial charge in [0.15, 0.2) is 17.1 Å². The Balaban J connectivity index is 1.79. The van der Waals surface area contributed by atoms with Crippen LogP contribution in [0.5, 0.6) is 5.75 Å². The van der Waals surface area contributed by atoms with Crippen molar-refractivity contribution in [2.75, 3.05) is 13.2 Å². The quantitative estimate of drug-likeness (QED) is 0.523. The van der Waals surface area contributed by atoms with E-state index in [0.29, 0.717) is 18.8 Å². The number of phenolic OH excluding ortho intramolecular Hbond substituents is 1. The van der Waals surface area contributed by atoms with Gasteiger partial charge in [0.2, 0.25) is 0 Å². The predicted octanol–water partition coefficient (Wildman–Crippen LogP) is 4.18. The first-order valence-corrected chi connectivity index (χ1v) is 9.84. The summed E-state index contributed by atoms with van der Waals surface area (Å²) in [6.07, 6.45) is 3.65. The Kier molecular flexibility index (Phi) is 4.21. The van der Waals surface area contributed by atoms with Crippen LogP contribution in [0.1, 0.15) is 41.2 Å². The molecule has 1 spiro atoms. The summed E-state index contributed by atoms with van der Waals surface area (Å²) in [6, 6.07) is 4.05. The second-order valence-corrected chi connectivity index (χ2v) is 7.63. The number of carbonyl (C=O) groups is 1. The lowest BCUT2D eigenvalue weighted by molar-refractivity contribution is -0.163. The number of rotatable bonds is 4. The smallest absolute Gasteiger partial charge is 0.195 e. The fourth-order valence-electron chi connectivity index (χ4n) is 4.79. The SMILES string of the molecule is Cc1c2ccc3c(c2c(O)c2occ(C(CC=O)OP)c12)CCC31OCCO1. The minimum absolute atomic E-state index is 0.113. The second-order valence-electron chi connectivity index (χ2n) is 7.36. The standard InChI is InChI=1S/C21H21O6P/c1-11-12-2-3-15-13(4-6-21(15)25-8-9-26-21)18(12)19(23)20-17(11)14(10-24-20)16(27-28)5-7-22/h2-3,7,10,16,23H,4-6,8-9,28H2,1H3. The van der Waals surface area contributed by atoms with E-state index >= 15 is 0 Å². The molecule has 1 N–H and O–H groups in total. The zero-order valence-electron chi connectivity index (χ0n) is 15.5. The molecule has 6 nitrogen and oxygen atoms in total. The monoisotopic (exact) mass is 400 g/mol. The average molecular weight is 400 g/mol. The molecule has 28 heavy (non-hydrogen) atoms. The highest BCUT2D eigenvalue weighted by molar-refractivity contribution is 7.09. The lowest BCUT2D eigenvalue weighted by atomic mass is 9.92. The van der Waals surface area contributed by atoms with Crippen molar-refractivity contribution < 1.29 is 28.3 Å². The molecular formula is C21H21O6P. The summed E-state index contributed by atoms with van der Waals surface area (Å²) in [5, 5.41) is 13.7. The van der Waals surface area contributed by atoms with E-state index in [-0.39, 0.29) is 12.2 Å². The molecule has 2 heterocycles. The summed E-state index contributed by atoms with van der Waals surface area (Å²) in [5.74, 6) is -0.572. The number of aldehydes is 1. The summed E-state index contributed by atoms with van der Waals surface area (Å²) < 4.78 is 23.0. The second kappa shape index (κ2) is 6.53. The molecule has 2 atom stereocenters. The first-order chi connectivity index (χ1) is 13.6. The Morgan fingerprint density at radius 3 is 2.82 bits per heavy atom. The van der Waals surface area contributed by atoms with Crippen LogP contribution < -0.4 is 0 Å². The Bertz CT molecular complexity index is 1100. The maximum atomic E-state index is 11.1. The summed E-state index contributed by atoms with van der Waals surface area (Å²) in [4.78, 5) is 11.0. The van der Waals surface area contributed by atoms with Gasteiger partial charge in [0.1, 0.15) is 6.29 Å². The molecule has 1 aromatic heterocycles. The van der Waals surface area contributed by atoms with Crippen molar-refractivity contribution in [2.45, 2.75) is 38.1 Å².